The van der Waals surface area contributed by atoms with Crippen molar-refractivity contribution in [3.63, 3.8) is 0 Å². The summed E-state index contributed by atoms with van der Waals surface area (Å²) < 4.78 is 11.6. The summed E-state index contributed by atoms with van der Waals surface area (Å²) in [7, 11) is 1.61. The molecule has 11 heteroatoms. The molecular weight excluding hydrogens is 418 g/mol. The fraction of sp³-hybridized carbons (Fsp3) is 0.429. The summed E-state index contributed by atoms with van der Waals surface area (Å²) in [6, 6.07) is 9.04. The van der Waals surface area contributed by atoms with Gasteiger partial charge in [-0.25, -0.2) is 9.59 Å². The lowest BCUT2D eigenvalue weighted by atomic mass is 10.0. The van der Waals surface area contributed by atoms with Crippen LogP contribution in [0.15, 0.2) is 36.5 Å². The molecule has 5 N–H and O–H groups in total. The summed E-state index contributed by atoms with van der Waals surface area (Å²) >= 11 is 0. The number of nitrogens with zero attached hydrogens (tertiary/aromatic N) is 2. The molecule has 0 radical (unpaired) electrons. The Morgan fingerprint density at radius 2 is 1.84 bits per heavy atom. The van der Waals surface area contributed by atoms with Crippen LogP contribution in [0.25, 0.3) is 0 Å². The Balaban J connectivity index is 2.06. The SMILES string of the molecule is Cn1cc(NC(=O)OC(C)(C)C)c(NC(=O)C[C@H](OC(N)=O)C(O)Cc2ccccc2)n1. The molecule has 0 fully saturated rings. The van der Waals surface area contributed by atoms with Gasteiger partial charge >= 0.3 is 12.2 Å². The first-order valence-electron chi connectivity index (χ1n) is 9.94. The second-order valence-electron chi connectivity index (χ2n) is 8.18. The van der Waals surface area contributed by atoms with Crippen LogP contribution in [-0.2, 0) is 27.7 Å². The van der Waals surface area contributed by atoms with Gasteiger partial charge in [0.25, 0.3) is 0 Å². The Hall–Kier alpha value is -3.60. The number of hydrogen-bond acceptors (Lipinski definition) is 7. The molecule has 174 valence electrons. The molecule has 0 aliphatic rings. The van der Waals surface area contributed by atoms with E-state index in [1.807, 2.05) is 6.07 Å². The third-order valence-corrected chi connectivity index (χ3v) is 4.09. The molecular formula is C21H29N5O6. The molecule has 0 bridgehead atoms. The van der Waals surface area contributed by atoms with Gasteiger partial charge in [-0.3, -0.25) is 14.8 Å². The predicted molar refractivity (Wildman–Crippen MR) is 117 cm³/mol. The Morgan fingerprint density at radius 3 is 2.44 bits per heavy atom. The summed E-state index contributed by atoms with van der Waals surface area (Å²) in [4.78, 5) is 35.9. The second kappa shape index (κ2) is 10.6. The van der Waals surface area contributed by atoms with Crippen molar-refractivity contribution in [3.8, 4) is 0 Å². The standard InChI is InChI=1S/C21H29N5O6/c1-21(2,3)32-20(30)23-14-12-26(4)25-18(14)24-17(28)11-16(31-19(22)29)15(27)10-13-8-6-5-7-9-13/h5-9,12,15-16,27H,10-11H2,1-4H3,(H2,22,29)(H,23,30)(H,24,25,28)/t15?,16-/m0/s1. The lowest BCUT2D eigenvalue weighted by Gasteiger charge is -2.22. The number of amides is 3. The van der Waals surface area contributed by atoms with E-state index in [-0.39, 0.29) is 24.3 Å². The van der Waals surface area contributed by atoms with E-state index in [9.17, 15) is 19.5 Å². The van der Waals surface area contributed by atoms with Crippen molar-refractivity contribution in [3.05, 3.63) is 42.1 Å². The molecule has 0 saturated carbocycles. The number of aliphatic hydroxyl groups excluding tert-OH is 1. The molecule has 2 rings (SSSR count). The molecule has 0 saturated heterocycles. The maximum atomic E-state index is 12.6. The lowest BCUT2D eigenvalue weighted by Crippen LogP contribution is -2.37. The number of nitrogens with one attached hydrogen (secondary N) is 2. The van der Waals surface area contributed by atoms with Gasteiger partial charge in [0, 0.05) is 13.5 Å². The Morgan fingerprint density at radius 1 is 1.19 bits per heavy atom. The van der Waals surface area contributed by atoms with E-state index in [1.54, 1.807) is 52.1 Å². The molecule has 1 heterocycles. The number of aliphatic hydroxyl groups is 1. The zero-order valence-corrected chi connectivity index (χ0v) is 18.5. The van der Waals surface area contributed by atoms with Crippen LogP contribution >= 0.6 is 0 Å². The van der Waals surface area contributed by atoms with E-state index in [0.29, 0.717) is 0 Å². The van der Waals surface area contributed by atoms with Crippen LogP contribution in [0, 0.1) is 0 Å². The molecule has 3 amide bonds. The first-order chi connectivity index (χ1) is 14.9. The second-order valence-corrected chi connectivity index (χ2v) is 8.18. The van der Waals surface area contributed by atoms with Crippen LogP contribution in [0.3, 0.4) is 0 Å². The summed E-state index contributed by atoms with van der Waals surface area (Å²) in [6.07, 6.45) is -2.91. The largest absolute Gasteiger partial charge is 0.444 e. The molecule has 1 unspecified atom stereocenters. The lowest BCUT2D eigenvalue weighted by molar-refractivity contribution is -0.119. The number of aryl methyl sites for hydroxylation is 1. The van der Waals surface area contributed by atoms with Crippen LogP contribution in [0.5, 0.6) is 0 Å². The Bertz CT molecular complexity index is 938. The summed E-state index contributed by atoms with van der Waals surface area (Å²) in [5, 5.41) is 19.7. The molecule has 1 aromatic carbocycles. The number of carbonyl (C=O) groups is 3. The molecule has 2 atom stereocenters. The first kappa shape index (κ1) is 24.7. The van der Waals surface area contributed by atoms with Gasteiger partial charge in [0.05, 0.1) is 18.7 Å². The van der Waals surface area contributed by atoms with E-state index >= 15 is 0 Å². The predicted octanol–water partition coefficient (Wildman–Crippen LogP) is 2.16. The van der Waals surface area contributed by atoms with Crippen molar-refractivity contribution >= 4 is 29.6 Å². The topological polar surface area (TPSA) is 158 Å². The molecule has 11 nitrogen and oxygen atoms in total. The first-order valence-corrected chi connectivity index (χ1v) is 9.94. The normalized spacial score (nSPS) is 13.0. The number of primary amides is 1. The molecule has 0 aliphatic carbocycles. The number of nitrogens with two attached hydrogens (primary N) is 1. The van der Waals surface area contributed by atoms with Crippen LogP contribution in [0.4, 0.5) is 21.1 Å². The van der Waals surface area contributed by atoms with Gasteiger partial charge in [-0.2, -0.15) is 5.10 Å². The zero-order valence-electron chi connectivity index (χ0n) is 18.5. The number of rotatable bonds is 8. The average molecular weight is 447 g/mol. The molecule has 32 heavy (non-hydrogen) atoms. The maximum absolute atomic E-state index is 12.6. The number of hydrogen-bond donors (Lipinski definition) is 4. The van der Waals surface area contributed by atoms with Gasteiger partial charge in [0.15, 0.2) is 5.82 Å². The fourth-order valence-corrected chi connectivity index (χ4v) is 2.84. The molecule has 2 aromatic rings. The van der Waals surface area contributed by atoms with E-state index in [1.165, 1.54) is 10.9 Å². The fourth-order valence-electron chi connectivity index (χ4n) is 2.84. The highest BCUT2D eigenvalue weighted by Gasteiger charge is 2.27. The smallest absolute Gasteiger partial charge is 0.412 e. The van der Waals surface area contributed by atoms with E-state index in [0.717, 1.165) is 5.56 Å². The number of aromatic nitrogens is 2. The highest BCUT2D eigenvalue weighted by molar-refractivity contribution is 5.96. The molecule has 0 spiro atoms. The van der Waals surface area contributed by atoms with Crippen LogP contribution in [0.1, 0.15) is 32.8 Å². The van der Waals surface area contributed by atoms with Gasteiger partial charge in [0.2, 0.25) is 5.91 Å². The summed E-state index contributed by atoms with van der Waals surface area (Å²) in [6.45, 7) is 5.16. The van der Waals surface area contributed by atoms with Crippen LogP contribution in [-0.4, -0.2) is 50.8 Å². The number of ether oxygens (including phenoxy) is 2. The van der Waals surface area contributed by atoms with Crippen molar-refractivity contribution in [1.29, 1.82) is 0 Å². The Kier molecular flexibility index (Phi) is 8.19. The third-order valence-electron chi connectivity index (χ3n) is 4.09. The summed E-state index contributed by atoms with van der Waals surface area (Å²) in [5.41, 5.74) is 5.41. The minimum absolute atomic E-state index is 0.0683. The van der Waals surface area contributed by atoms with Crippen LogP contribution < -0.4 is 16.4 Å². The zero-order chi connectivity index (χ0) is 23.9. The third kappa shape index (κ3) is 8.26. The van der Waals surface area contributed by atoms with Crippen molar-refractivity contribution in [1.82, 2.24) is 9.78 Å². The number of benzene rings is 1. The number of anilines is 2. The van der Waals surface area contributed by atoms with Gasteiger partial charge in [-0.05, 0) is 26.3 Å². The minimum Gasteiger partial charge on any atom is -0.444 e. The highest BCUT2D eigenvalue weighted by atomic mass is 16.6. The van der Waals surface area contributed by atoms with Crippen LogP contribution in [0.2, 0.25) is 0 Å². The van der Waals surface area contributed by atoms with Gasteiger partial charge in [-0.1, -0.05) is 30.3 Å². The van der Waals surface area contributed by atoms with Crippen molar-refractivity contribution in [2.75, 3.05) is 10.6 Å². The Labute approximate surface area is 185 Å². The minimum atomic E-state index is -1.18. The van der Waals surface area contributed by atoms with E-state index in [4.69, 9.17) is 15.2 Å². The summed E-state index contributed by atoms with van der Waals surface area (Å²) in [5.74, 6) is -0.534. The van der Waals surface area contributed by atoms with Gasteiger partial charge in [0.1, 0.15) is 17.4 Å². The average Bonchev–Trinajstić information content (AvgIpc) is 2.98. The van der Waals surface area contributed by atoms with Crippen molar-refractivity contribution in [2.45, 2.75) is 51.4 Å². The van der Waals surface area contributed by atoms with Crippen molar-refractivity contribution in [2.24, 2.45) is 12.8 Å². The van der Waals surface area contributed by atoms with Gasteiger partial charge < -0.3 is 25.6 Å². The van der Waals surface area contributed by atoms with Gasteiger partial charge in [-0.15, -0.1) is 0 Å². The molecule has 0 aliphatic heterocycles. The number of carbonyl (C=O) groups excluding carboxylic acids is 3. The highest BCUT2D eigenvalue weighted by Crippen LogP contribution is 2.21. The van der Waals surface area contributed by atoms with Crippen molar-refractivity contribution < 1.29 is 29.0 Å². The maximum Gasteiger partial charge on any atom is 0.412 e. The monoisotopic (exact) mass is 447 g/mol. The quantitative estimate of drug-likeness (QED) is 0.483. The van der Waals surface area contributed by atoms with E-state index < -0.39 is 35.9 Å². The molecule has 1 aromatic heterocycles. The van der Waals surface area contributed by atoms with E-state index in [2.05, 4.69) is 15.7 Å².